The number of benzene rings is 2. The molecule has 0 unspecified atom stereocenters. The second kappa shape index (κ2) is 7.38. The van der Waals surface area contributed by atoms with E-state index < -0.39 is 12.1 Å². The summed E-state index contributed by atoms with van der Waals surface area (Å²) in [6, 6.07) is 14.4. The highest BCUT2D eigenvalue weighted by Crippen LogP contribution is 2.31. The van der Waals surface area contributed by atoms with E-state index in [0.29, 0.717) is 23.0 Å². The van der Waals surface area contributed by atoms with Gasteiger partial charge in [0.05, 0.1) is 0 Å². The molecule has 0 aliphatic carbocycles. The molecule has 0 saturated heterocycles. The van der Waals surface area contributed by atoms with Crippen molar-refractivity contribution in [2.24, 2.45) is 0 Å². The largest absolute Gasteiger partial charge is 0.485 e. The molecule has 130 valence electrons. The Morgan fingerprint density at radius 1 is 1.08 bits per heavy atom. The van der Waals surface area contributed by atoms with Gasteiger partial charge in [0.2, 0.25) is 6.10 Å². The van der Waals surface area contributed by atoms with Gasteiger partial charge >= 0.3 is 5.97 Å². The van der Waals surface area contributed by atoms with Crippen LogP contribution in [0.15, 0.2) is 48.5 Å². The van der Waals surface area contributed by atoms with E-state index in [-0.39, 0.29) is 19.0 Å². The lowest BCUT2D eigenvalue weighted by molar-refractivity contribution is -0.153. The summed E-state index contributed by atoms with van der Waals surface area (Å²) in [5.41, 5.74) is 1.67. The second-order valence-corrected chi connectivity index (χ2v) is 6.17. The Balaban J connectivity index is 1.54. The molecule has 0 fully saturated rings. The fourth-order valence-corrected chi connectivity index (χ4v) is 2.50. The first-order valence-corrected chi connectivity index (χ1v) is 8.23. The molecule has 1 heterocycles. The summed E-state index contributed by atoms with van der Waals surface area (Å²) >= 11 is 0. The van der Waals surface area contributed by atoms with E-state index in [1.54, 1.807) is 30.3 Å². The summed E-state index contributed by atoms with van der Waals surface area (Å²) < 4.78 is 16.1. The molecule has 0 amide bonds. The van der Waals surface area contributed by atoms with Crippen LogP contribution in [0.1, 0.15) is 35.7 Å². The Hall–Kier alpha value is -2.82. The quantitative estimate of drug-likeness (QED) is 0.617. The summed E-state index contributed by atoms with van der Waals surface area (Å²) in [5.74, 6) is 0.620. The molecular weight excluding hydrogens is 320 g/mol. The van der Waals surface area contributed by atoms with Gasteiger partial charge < -0.3 is 14.2 Å². The molecule has 0 radical (unpaired) electrons. The van der Waals surface area contributed by atoms with Crippen LogP contribution in [-0.4, -0.2) is 31.1 Å². The minimum absolute atomic E-state index is 0.0626. The standard InChI is InChI=1S/C20H20O5/c1-13(2)14-7-9-15(10-8-14)16(21)11-24-20(22)19-12-23-17-5-3-4-6-18(17)25-19/h3-10,13,19H,11-12H2,1-2H3/t19-/m1/s1. The lowest BCUT2D eigenvalue weighted by atomic mass is 10.0. The van der Waals surface area contributed by atoms with Crippen molar-refractivity contribution in [1.29, 1.82) is 0 Å². The van der Waals surface area contributed by atoms with Crippen LogP contribution < -0.4 is 9.47 Å². The second-order valence-electron chi connectivity index (χ2n) is 6.17. The Bertz CT molecular complexity index is 764. The summed E-state index contributed by atoms with van der Waals surface area (Å²) in [7, 11) is 0. The van der Waals surface area contributed by atoms with Crippen molar-refractivity contribution < 1.29 is 23.8 Å². The molecule has 2 aromatic rings. The van der Waals surface area contributed by atoms with Crippen molar-refractivity contribution in [3.63, 3.8) is 0 Å². The average Bonchev–Trinajstić information content (AvgIpc) is 2.65. The fraction of sp³-hybridized carbons (Fsp3) is 0.300. The van der Waals surface area contributed by atoms with Crippen LogP contribution in [-0.2, 0) is 9.53 Å². The third-order valence-electron chi connectivity index (χ3n) is 4.02. The van der Waals surface area contributed by atoms with E-state index in [1.807, 2.05) is 18.2 Å². The maximum Gasteiger partial charge on any atom is 0.351 e. The highest BCUT2D eigenvalue weighted by molar-refractivity contribution is 5.98. The van der Waals surface area contributed by atoms with Gasteiger partial charge in [-0.3, -0.25) is 4.79 Å². The van der Waals surface area contributed by atoms with E-state index in [2.05, 4.69) is 13.8 Å². The number of esters is 1. The lowest BCUT2D eigenvalue weighted by Crippen LogP contribution is -2.38. The van der Waals surface area contributed by atoms with Crippen molar-refractivity contribution in [3.8, 4) is 11.5 Å². The van der Waals surface area contributed by atoms with Crippen LogP contribution >= 0.6 is 0 Å². The highest BCUT2D eigenvalue weighted by atomic mass is 16.6. The molecule has 0 spiro atoms. The Morgan fingerprint density at radius 2 is 1.76 bits per heavy atom. The molecule has 1 aliphatic heterocycles. The van der Waals surface area contributed by atoms with Gasteiger partial charge in [0.15, 0.2) is 23.9 Å². The zero-order valence-electron chi connectivity index (χ0n) is 14.2. The maximum absolute atomic E-state index is 12.2. The Labute approximate surface area is 146 Å². The van der Waals surface area contributed by atoms with Crippen molar-refractivity contribution in [2.75, 3.05) is 13.2 Å². The molecule has 1 atom stereocenters. The van der Waals surface area contributed by atoms with Gasteiger partial charge in [-0.15, -0.1) is 0 Å². The molecule has 0 aromatic heterocycles. The molecule has 0 N–H and O–H groups in total. The van der Waals surface area contributed by atoms with Crippen molar-refractivity contribution in [3.05, 3.63) is 59.7 Å². The van der Waals surface area contributed by atoms with Crippen LogP contribution in [0, 0.1) is 0 Å². The van der Waals surface area contributed by atoms with Crippen LogP contribution in [0.2, 0.25) is 0 Å². The zero-order valence-corrected chi connectivity index (χ0v) is 14.2. The van der Waals surface area contributed by atoms with E-state index in [0.717, 1.165) is 5.56 Å². The van der Waals surface area contributed by atoms with E-state index in [4.69, 9.17) is 14.2 Å². The highest BCUT2D eigenvalue weighted by Gasteiger charge is 2.29. The number of ether oxygens (including phenoxy) is 3. The number of rotatable bonds is 5. The minimum Gasteiger partial charge on any atom is -0.485 e. The maximum atomic E-state index is 12.2. The number of fused-ring (bicyclic) bond motifs is 1. The molecule has 3 rings (SSSR count). The zero-order chi connectivity index (χ0) is 17.8. The number of Topliss-reactive ketones (excluding diaryl/α,β-unsaturated/α-hetero) is 1. The topological polar surface area (TPSA) is 61.8 Å². The average molecular weight is 340 g/mol. The van der Waals surface area contributed by atoms with Gasteiger partial charge in [0.25, 0.3) is 0 Å². The number of ketones is 1. The SMILES string of the molecule is CC(C)c1ccc(C(=O)COC(=O)[C@H]2COc3ccccc3O2)cc1. The van der Waals surface area contributed by atoms with Gasteiger partial charge in [-0.25, -0.2) is 4.79 Å². The summed E-state index contributed by atoms with van der Waals surface area (Å²) in [4.78, 5) is 24.3. The first-order chi connectivity index (χ1) is 12.0. The van der Waals surface area contributed by atoms with Crippen molar-refractivity contribution in [2.45, 2.75) is 25.9 Å². The van der Waals surface area contributed by atoms with E-state index >= 15 is 0 Å². The number of carbonyl (C=O) groups excluding carboxylic acids is 2. The third kappa shape index (κ3) is 3.99. The molecule has 2 aromatic carbocycles. The van der Waals surface area contributed by atoms with Crippen molar-refractivity contribution >= 4 is 11.8 Å². The third-order valence-corrected chi connectivity index (χ3v) is 4.02. The van der Waals surface area contributed by atoms with Crippen LogP contribution in [0.5, 0.6) is 11.5 Å². The summed E-state index contributed by atoms with van der Waals surface area (Å²) in [6.45, 7) is 3.92. The number of para-hydroxylation sites is 2. The molecule has 1 aliphatic rings. The smallest absolute Gasteiger partial charge is 0.351 e. The molecular formula is C20H20O5. The molecule has 0 bridgehead atoms. The predicted molar refractivity (Wildman–Crippen MR) is 92.2 cm³/mol. The monoisotopic (exact) mass is 340 g/mol. The molecule has 0 saturated carbocycles. The first-order valence-electron chi connectivity index (χ1n) is 8.23. The van der Waals surface area contributed by atoms with Gasteiger partial charge in [0, 0.05) is 5.56 Å². The van der Waals surface area contributed by atoms with Crippen LogP contribution in [0.3, 0.4) is 0 Å². The Morgan fingerprint density at radius 3 is 2.44 bits per heavy atom. The fourth-order valence-electron chi connectivity index (χ4n) is 2.50. The number of hydrogen-bond donors (Lipinski definition) is 0. The minimum atomic E-state index is -0.869. The van der Waals surface area contributed by atoms with Gasteiger partial charge in [0.1, 0.15) is 6.61 Å². The van der Waals surface area contributed by atoms with E-state index in [9.17, 15) is 9.59 Å². The van der Waals surface area contributed by atoms with Crippen LogP contribution in [0.25, 0.3) is 0 Å². The number of carbonyl (C=O) groups is 2. The van der Waals surface area contributed by atoms with E-state index in [1.165, 1.54) is 0 Å². The first kappa shape index (κ1) is 17.0. The molecule has 5 nitrogen and oxygen atoms in total. The predicted octanol–water partition coefficient (Wildman–Crippen LogP) is 3.38. The van der Waals surface area contributed by atoms with Gasteiger partial charge in [-0.05, 0) is 23.6 Å². The van der Waals surface area contributed by atoms with Gasteiger partial charge in [-0.1, -0.05) is 50.2 Å². The molecule has 5 heteroatoms. The summed E-state index contributed by atoms with van der Waals surface area (Å²) in [6.07, 6.45) is -0.869. The number of hydrogen-bond acceptors (Lipinski definition) is 5. The van der Waals surface area contributed by atoms with Crippen LogP contribution in [0.4, 0.5) is 0 Å². The van der Waals surface area contributed by atoms with Crippen molar-refractivity contribution in [1.82, 2.24) is 0 Å². The normalized spacial score (nSPS) is 15.7. The lowest BCUT2D eigenvalue weighted by Gasteiger charge is -2.24. The summed E-state index contributed by atoms with van der Waals surface area (Å²) in [5, 5.41) is 0. The Kier molecular flexibility index (Phi) is 5.03. The van der Waals surface area contributed by atoms with Gasteiger partial charge in [-0.2, -0.15) is 0 Å². The molecule has 25 heavy (non-hydrogen) atoms.